The molecule has 1 saturated heterocycles. The van der Waals surface area contributed by atoms with Crippen LogP contribution < -0.4 is 14.4 Å². The minimum Gasteiger partial charge on any atom is -0.492 e. The molecule has 1 N–H and O–H groups in total. The van der Waals surface area contributed by atoms with Gasteiger partial charge >= 0.3 is 0 Å². The van der Waals surface area contributed by atoms with Crippen molar-refractivity contribution in [2.24, 2.45) is 0 Å². The number of carbonyl (C=O) groups is 1. The maximum absolute atomic E-state index is 13.6. The largest absolute Gasteiger partial charge is 0.492 e. The minimum atomic E-state index is -3.89. The molecule has 0 aliphatic carbocycles. The van der Waals surface area contributed by atoms with E-state index in [1.54, 1.807) is 19.1 Å². The third-order valence-corrected chi connectivity index (χ3v) is 9.07. The van der Waals surface area contributed by atoms with Crippen LogP contribution in [0, 0.1) is 5.82 Å². The molecular weight excluding hydrogens is 533 g/mol. The average Bonchev–Trinajstić information content (AvgIpc) is 3.37. The predicted octanol–water partition coefficient (Wildman–Crippen LogP) is 3.00. The van der Waals surface area contributed by atoms with Crippen LogP contribution in [0.2, 0.25) is 5.02 Å². The highest BCUT2D eigenvalue weighted by atomic mass is 35.5. The normalized spacial score (nSPS) is 15.4. The van der Waals surface area contributed by atoms with Gasteiger partial charge in [-0.3, -0.25) is 9.10 Å². The lowest BCUT2D eigenvalue weighted by molar-refractivity contribution is -0.122. The second-order valence-electron chi connectivity index (χ2n) is 8.30. The number of rotatable bonds is 11. The highest BCUT2D eigenvalue weighted by Gasteiger charge is 2.32. The molecule has 0 radical (unpaired) electrons. The second-order valence-corrected chi connectivity index (χ2v) is 12.5. The van der Waals surface area contributed by atoms with E-state index in [1.165, 1.54) is 22.5 Å². The molecule has 0 bridgehead atoms. The fraction of sp³-hybridized carbons (Fsp3) is 0.435. The number of amides is 1. The monoisotopic (exact) mass is 561 g/mol. The van der Waals surface area contributed by atoms with Gasteiger partial charge in [0.15, 0.2) is 0 Å². The highest BCUT2D eigenvalue weighted by Crippen LogP contribution is 2.27. The first-order valence-electron chi connectivity index (χ1n) is 11.4. The van der Waals surface area contributed by atoms with E-state index in [9.17, 15) is 26.0 Å². The van der Waals surface area contributed by atoms with Crippen molar-refractivity contribution in [3.05, 3.63) is 53.3 Å². The van der Waals surface area contributed by atoms with E-state index in [-0.39, 0.29) is 35.2 Å². The number of nitrogens with one attached hydrogen (secondary N) is 1. The van der Waals surface area contributed by atoms with Gasteiger partial charge in [-0.25, -0.2) is 21.2 Å². The molecule has 13 heteroatoms. The molecule has 2 aromatic carbocycles. The summed E-state index contributed by atoms with van der Waals surface area (Å²) in [5.74, 6) is -0.834. The van der Waals surface area contributed by atoms with Crippen LogP contribution in [0.3, 0.4) is 0 Å². The summed E-state index contributed by atoms with van der Waals surface area (Å²) in [5.41, 5.74) is 0.0751. The Kier molecular flexibility index (Phi) is 9.20. The third kappa shape index (κ3) is 6.67. The second kappa shape index (κ2) is 11.8. The number of benzene rings is 2. The minimum absolute atomic E-state index is 0.0711. The van der Waals surface area contributed by atoms with Gasteiger partial charge in [0.2, 0.25) is 26.0 Å². The smallest absolute Gasteiger partial charge is 0.244 e. The molecule has 2 aromatic rings. The van der Waals surface area contributed by atoms with Gasteiger partial charge < -0.3 is 10.1 Å². The molecule has 1 aliphatic heterocycles. The van der Waals surface area contributed by atoms with Crippen LogP contribution >= 0.6 is 11.6 Å². The van der Waals surface area contributed by atoms with Gasteiger partial charge in [-0.2, -0.15) is 4.31 Å². The number of hydrogen-bond acceptors (Lipinski definition) is 6. The van der Waals surface area contributed by atoms with Gasteiger partial charge in [0.1, 0.15) is 24.2 Å². The Morgan fingerprint density at radius 2 is 1.78 bits per heavy atom. The van der Waals surface area contributed by atoms with Crippen molar-refractivity contribution in [1.82, 2.24) is 9.62 Å². The number of nitrogens with zero attached hydrogens (tertiary/aromatic N) is 2. The maximum Gasteiger partial charge on any atom is 0.244 e. The maximum atomic E-state index is 13.6. The molecule has 9 nitrogen and oxygen atoms in total. The Morgan fingerprint density at radius 1 is 1.14 bits per heavy atom. The number of carbonyl (C=O) groups excluding carboxylic acids is 1. The van der Waals surface area contributed by atoms with Crippen molar-refractivity contribution in [2.75, 3.05) is 36.8 Å². The summed E-state index contributed by atoms with van der Waals surface area (Å²) >= 11 is 5.81. The van der Waals surface area contributed by atoms with Crippen LogP contribution in [0.5, 0.6) is 5.75 Å². The predicted molar refractivity (Wildman–Crippen MR) is 136 cm³/mol. The van der Waals surface area contributed by atoms with Gasteiger partial charge in [-0.05, 0) is 61.7 Å². The van der Waals surface area contributed by atoms with Crippen molar-refractivity contribution >= 4 is 43.2 Å². The van der Waals surface area contributed by atoms with Gasteiger partial charge in [0, 0.05) is 13.1 Å². The van der Waals surface area contributed by atoms with Crippen LogP contribution in [0.1, 0.15) is 26.2 Å². The fourth-order valence-electron chi connectivity index (χ4n) is 3.93. The first-order chi connectivity index (χ1) is 16.9. The zero-order valence-electron chi connectivity index (χ0n) is 20.0. The summed E-state index contributed by atoms with van der Waals surface area (Å²) in [7, 11) is -7.41. The lowest BCUT2D eigenvalue weighted by Gasteiger charge is -2.30. The molecule has 0 aromatic heterocycles. The van der Waals surface area contributed by atoms with E-state index in [0.717, 1.165) is 35.5 Å². The van der Waals surface area contributed by atoms with Crippen LogP contribution in [-0.2, 0) is 24.8 Å². The lowest BCUT2D eigenvalue weighted by Crippen LogP contribution is -2.50. The summed E-state index contributed by atoms with van der Waals surface area (Å²) in [4.78, 5) is 13.0. The standard InChI is InChI=1S/C23H29ClFN3O6S2/c1-3-22(28(35(2,30)31)17-6-11-21(25)20(24)16-17)23(29)26-12-15-34-18-7-9-19(10-8-18)36(32,33)27-13-4-5-14-27/h6-11,16,22H,3-5,12-15H2,1-2H3,(H,26,29)/t22-/m0/s1. The number of halogens is 2. The van der Waals surface area contributed by atoms with E-state index in [0.29, 0.717) is 18.8 Å². The van der Waals surface area contributed by atoms with E-state index in [4.69, 9.17) is 16.3 Å². The third-order valence-electron chi connectivity index (χ3n) is 5.68. The van der Waals surface area contributed by atoms with Crippen LogP contribution in [0.15, 0.2) is 47.4 Å². The van der Waals surface area contributed by atoms with Gasteiger partial charge in [0.05, 0.1) is 28.4 Å². The number of ether oxygens (including phenoxy) is 1. The van der Waals surface area contributed by atoms with Crippen molar-refractivity contribution in [3.8, 4) is 5.75 Å². The molecule has 0 unspecified atom stereocenters. The van der Waals surface area contributed by atoms with Gasteiger partial charge in [-0.1, -0.05) is 18.5 Å². The van der Waals surface area contributed by atoms with Gasteiger partial charge in [-0.15, -0.1) is 0 Å². The Hall–Kier alpha value is -2.41. The van der Waals surface area contributed by atoms with Crippen molar-refractivity contribution in [1.29, 1.82) is 0 Å². The van der Waals surface area contributed by atoms with E-state index >= 15 is 0 Å². The average molecular weight is 562 g/mol. The molecule has 0 spiro atoms. The van der Waals surface area contributed by atoms with E-state index < -0.39 is 37.8 Å². The Bertz CT molecular complexity index is 1280. The Balaban J connectivity index is 1.59. The lowest BCUT2D eigenvalue weighted by atomic mass is 10.2. The summed E-state index contributed by atoms with van der Waals surface area (Å²) in [6, 6.07) is 8.40. The molecule has 36 heavy (non-hydrogen) atoms. The molecular formula is C23H29ClFN3O6S2. The Labute approximate surface area is 216 Å². The molecule has 198 valence electrons. The molecule has 0 saturated carbocycles. The fourth-order valence-corrected chi connectivity index (χ4v) is 6.82. The number of anilines is 1. The van der Waals surface area contributed by atoms with E-state index in [2.05, 4.69) is 5.32 Å². The molecule has 1 amide bonds. The van der Waals surface area contributed by atoms with Gasteiger partial charge in [0.25, 0.3) is 0 Å². The first kappa shape index (κ1) is 28.2. The van der Waals surface area contributed by atoms with Crippen LogP contribution in [0.25, 0.3) is 0 Å². The summed E-state index contributed by atoms with van der Waals surface area (Å²) in [5, 5.41) is 2.39. The summed E-state index contributed by atoms with van der Waals surface area (Å²) < 4.78 is 71.7. The topological polar surface area (TPSA) is 113 Å². The van der Waals surface area contributed by atoms with Crippen LogP contribution in [0.4, 0.5) is 10.1 Å². The van der Waals surface area contributed by atoms with Crippen LogP contribution in [-0.4, -0.2) is 65.6 Å². The molecule has 1 heterocycles. The molecule has 3 rings (SSSR count). The van der Waals surface area contributed by atoms with E-state index in [1.807, 2.05) is 0 Å². The quantitative estimate of drug-likeness (QED) is 0.422. The van der Waals surface area contributed by atoms with Crippen molar-refractivity contribution < 1.29 is 30.8 Å². The Morgan fingerprint density at radius 3 is 2.33 bits per heavy atom. The highest BCUT2D eigenvalue weighted by molar-refractivity contribution is 7.92. The summed E-state index contributed by atoms with van der Waals surface area (Å²) in [6.07, 6.45) is 2.81. The van der Waals surface area contributed by atoms with Crippen molar-refractivity contribution in [3.63, 3.8) is 0 Å². The summed E-state index contributed by atoms with van der Waals surface area (Å²) in [6.45, 7) is 2.84. The molecule has 1 aliphatic rings. The number of sulfonamides is 2. The number of hydrogen-bond donors (Lipinski definition) is 1. The first-order valence-corrected chi connectivity index (χ1v) is 15.1. The molecule has 1 atom stereocenters. The zero-order chi connectivity index (χ0) is 26.5. The zero-order valence-corrected chi connectivity index (χ0v) is 22.4. The van der Waals surface area contributed by atoms with Crippen molar-refractivity contribution in [2.45, 2.75) is 37.1 Å². The molecule has 1 fully saturated rings. The SMILES string of the molecule is CC[C@@H](C(=O)NCCOc1ccc(S(=O)(=O)N2CCCC2)cc1)N(c1ccc(F)c(Cl)c1)S(C)(=O)=O.